The number of hydrogen-bond donors (Lipinski definition) is 0. The molecule has 0 saturated carbocycles. The van der Waals surface area contributed by atoms with Crippen LogP contribution >= 0.6 is 45.3 Å². The third-order valence-electron chi connectivity index (χ3n) is 6.32. The summed E-state index contributed by atoms with van der Waals surface area (Å²) in [4.78, 5) is 36.8. The van der Waals surface area contributed by atoms with Gasteiger partial charge in [0.15, 0.2) is 0 Å². The number of likely N-dealkylation sites (N-methyl/N-ethyl adjacent to an activating group) is 2. The maximum Gasteiger partial charge on any atom is 0.261 e. The Bertz CT molecular complexity index is 1570. The van der Waals surface area contributed by atoms with Gasteiger partial charge in [-0.05, 0) is 56.7 Å². The first-order valence-electron chi connectivity index (χ1n) is 10.5. The molecule has 0 fully saturated rings. The van der Waals surface area contributed by atoms with E-state index in [0.29, 0.717) is 11.1 Å². The number of amides is 2. The minimum Gasteiger partial charge on any atom is -0.309 e. The third-order valence-corrected chi connectivity index (χ3v) is 11.2. The van der Waals surface area contributed by atoms with Gasteiger partial charge in [0.05, 0.1) is 32.3 Å². The maximum absolute atomic E-state index is 13.3. The minimum atomic E-state index is -0.114. The Morgan fingerprint density at radius 2 is 1.24 bits per heavy atom. The number of rotatable bonds is 3. The predicted molar refractivity (Wildman–Crippen MR) is 141 cm³/mol. The average Bonchev–Trinajstić information content (AvgIpc) is 3.60. The molecule has 0 bridgehead atoms. The van der Waals surface area contributed by atoms with Crippen LogP contribution in [0.1, 0.15) is 25.1 Å². The molecular formula is C25H20N2O2S4. The van der Waals surface area contributed by atoms with E-state index in [1.807, 2.05) is 47.8 Å². The summed E-state index contributed by atoms with van der Waals surface area (Å²) in [5.74, 6) is -0.229. The standard InChI is InChI=1S/C25H20N2O2S4/c1-11-6-7-15(30-11)21-19-20(25(29)26(21)4)22(27(5)24(19)28)16-9-8-14(32-16)17-10-18-23(33-17)12(2)13(3)31-18/h6-10H,1-5H3. The number of thiophene rings is 4. The lowest BCUT2D eigenvalue weighted by Crippen LogP contribution is -2.24. The van der Waals surface area contributed by atoms with Crippen LogP contribution in [0.25, 0.3) is 30.5 Å². The molecule has 0 unspecified atom stereocenters. The lowest BCUT2D eigenvalue weighted by atomic mass is 10.1. The van der Waals surface area contributed by atoms with Crippen LogP contribution in [0.15, 0.2) is 41.5 Å². The van der Waals surface area contributed by atoms with Crippen molar-refractivity contribution in [3.8, 4) is 9.75 Å². The van der Waals surface area contributed by atoms with E-state index in [1.165, 1.54) is 24.7 Å². The predicted octanol–water partition coefficient (Wildman–Crippen LogP) is 6.74. The van der Waals surface area contributed by atoms with Crippen LogP contribution in [0.4, 0.5) is 0 Å². The van der Waals surface area contributed by atoms with Crippen molar-refractivity contribution in [1.82, 2.24) is 9.80 Å². The molecule has 0 N–H and O–H groups in total. The third kappa shape index (κ3) is 2.91. The molecule has 0 atom stereocenters. The van der Waals surface area contributed by atoms with Crippen LogP contribution in [-0.4, -0.2) is 35.7 Å². The van der Waals surface area contributed by atoms with Crippen molar-refractivity contribution in [3.05, 3.63) is 66.6 Å². The lowest BCUT2D eigenvalue weighted by Gasteiger charge is -2.18. The van der Waals surface area contributed by atoms with E-state index >= 15 is 0 Å². The molecule has 4 nitrogen and oxygen atoms in total. The van der Waals surface area contributed by atoms with Gasteiger partial charge in [0.2, 0.25) is 0 Å². The van der Waals surface area contributed by atoms with E-state index in [1.54, 1.807) is 46.6 Å². The van der Waals surface area contributed by atoms with Crippen LogP contribution in [0.5, 0.6) is 0 Å². The van der Waals surface area contributed by atoms with Crippen molar-refractivity contribution in [2.45, 2.75) is 20.8 Å². The molecule has 2 aliphatic rings. The molecule has 2 amide bonds. The molecule has 0 aliphatic carbocycles. The van der Waals surface area contributed by atoms with Crippen LogP contribution in [0, 0.1) is 20.8 Å². The fourth-order valence-electron chi connectivity index (χ4n) is 4.50. The van der Waals surface area contributed by atoms with Crippen molar-refractivity contribution in [3.63, 3.8) is 0 Å². The maximum atomic E-state index is 13.3. The van der Waals surface area contributed by atoms with Crippen molar-refractivity contribution in [2.75, 3.05) is 14.1 Å². The zero-order valence-corrected chi connectivity index (χ0v) is 22.0. The van der Waals surface area contributed by atoms with E-state index in [4.69, 9.17) is 0 Å². The molecule has 4 aromatic heterocycles. The van der Waals surface area contributed by atoms with Gasteiger partial charge in [-0.2, -0.15) is 0 Å². The summed E-state index contributed by atoms with van der Waals surface area (Å²) in [6, 6.07) is 10.4. The number of nitrogens with zero attached hydrogens (tertiary/aromatic N) is 2. The molecule has 4 aromatic rings. The Morgan fingerprint density at radius 3 is 1.82 bits per heavy atom. The van der Waals surface area contributed by atoms with Gasteiger partial charge in [-0.25, -0.2) is 0 Å². The zero-order chi connectivity index (χ0) is 23.2. The van der Waals surface area contributed by atoms with Gasteiger partial charge in [0, 0.05) is 43.0 Å². The Morgan fingerprint density at radius 1 is 0.667 bits per heavy atom. The second kappa shape index (κ2) is 7.24. The normalized spacial score (nSPS) is 16.4. The van der Waals surface area contributed by atoms with Crippen LogP contribution in [-0.2, 0) is 9.59 Å². The Kier molecular flexibility index (Phi) is 4.61. The van der Waals surface area contributed by atoms with Crippen molar-refractivity contribution in [2.24, 2.45) is 0 Å². The van der Waals surface area contributed by atoms with E-state index in [-0.39, 0.29) is 11.8 Å². The molecule has 2 aliphatic heterocycles. The van der Waals surface area contributed by atoms with Gasteiger partial charge in [-0.15, -0.1) is 45.3 Å². The van der Waals surface area contributed by atoms with Gasteiger partial charge in [-0.3, -0.25) is 9.59 Å². The van der Waals surface area contributed by atoms with E-state index in [0.717, 1.165) is 30.9 Å². The molecule has 33 heavy (non-hydrogen) atoms. The van der Waals surface area contributed by atoms with E-state index in [9.17, 15) is 9.59 Å². The summed E-state index contributed by atoms with van der Waals surface area (Å²) in [6.45, 7) is 6.39. The lowest BCUT2D eigenvalue weighted by molar-refractivity contribution is -0.123. The summed E-state index contributed by atoms with van der Waals surface area (Å²) in [5, 5.41) is 0. The number of aryl methyl sites for hydroxylation is 3. The largest absolute Gasteiger partial charge is 0.309 e. The molecule has 6 rings (SSSR count). The van der Waals surface area contributed by atoms with Crippen molar-refractivity contribution < 1.29 is 9.59 Å². The number of carbonyl (C=O) groups is 2. The fraction of sp³-hybridized carbons (Fsp3) is 0.200. The fourth-order valence-corrected chi connectivity index (χ4v) is 9.13. The quantitative estimate of drug-likeness (QED) is 0.307. The van der Waals surface area contributed by atoms with Crippen LogP contribution in [0.3, 0.4) is 0 Å². The van der Waals surface area contributed by atoms with Gasteiger partial charge < -0.3 is 9.80 Å². The average molecular weight is 509 g/mol. The summed E-state index contributed by atoms with van der Waals surface area (Å²) in [6.07, 6.45) is 0. The molecule has 0 aromatic carbocycles. The van der Waals surface area contributed by atoms with E-state index < -0.39 is 0 Å². The van der Waals surface area contributed by atoms with Crippen molar-refractivity contribution >= 4 is 78.0 Å². The number of fused-ring (bicyclic) bond motifs is 2. The second-order valence-corrected chi connectivity index (χ2v) is 13.0. The summed E-state index contributed by atoms with van der Waals surface area (Å²) < 4.78 is 2.68. The first kappa shape index (κ1) is 21.0. The number of carbonyl (C=O) groups excluding carboxylic acids is 2. The van der Waals surface area contributed by atoms with Crippen LogP contribution < -0.4 is 0 Å². The first-order valence-corrected chi connectivity index (χ1v) is 13.7. The smallest absolute Gasteiger partial charge is 0.261 e. The highest BCUT2D eigenvalue weighted by Gasteiger charge is 2.47. The Balaban J connectivity index is 1.49. The van der Waals surface area contributed by atoms with Crippen LogP contribution in [0.2, 0.25) is 0 Å². The summed E-state index contributed by atoms with van der Waals surface area (Å²) >= 11 is 6.90. The van der Waals surface area contributed by atoms with Gasteiger partial charge in [0.1, 0.15) is 0 Å². The topological polar surface area (TPSA) is 40.6 Å². The molecule has 8 heteroatoms. The molecule has 0 radical (unpaired) electrons. The van der Waals surface area contributed by atoms with Gasteiger partial charge >= 0.3 is 0 Å². The Hall–Kier alpha value is -2.52. The van der Waals surface area contributed by atoms with Gasteiger partial charge in [-0.1, -0.05) is 0 Å². The second-order valence-electron chi connectivity index (χ2n) is 8.34. The highest BCUT2D eigenvalue weighted by Crippen LogP contribution is 2.49. The summed E-state index contributed by atoms with van der Waals surface area (Å²) in [5.41, 5.74) is 3.86. The SMILES string of the molecule is Cc1ccc(C2=C3C(=O)N(C)C(c4ccc(-c5cc6sc(C)c(C)c6s5)s4)=C3C(=O)N2C)s1. The highest BCUT2D eigenvalue weighted by atomic mass is 32.1. The molecule has 0 saturated heterocycles. The highest BCUT2D eigenvalue weighted by molar-refractivity contribution is 7.31. The molecule has 0 spiro atoms. The first-order chi connectivity index (χ1) is 15.8. The zero-order valence-electron chi connectivity index (χ0n) is 18.7. The molecule has 6 heterocycles. The summed E-state index contributed by atoms with van der Waals surface area (Å²) in [7, 11) is 3.53. The number of hydrogen-bond acceptors (Lipinski definition) is 6. The van der Waals surface area contributed by atoms with Gasteiger partial charge in [0.25, 0.3) is 11.8 Å². The molecule has 166 valence electrons. The molecular weight excluding hydrogens is 489 g/mol. The minimum absolute atomic E-state index is 0.114. The van der Waals surface area contributed by atoms with Crippen molar-refractivity contribution in [1.29, 1.82) is 0 Å². The monoisotopic (exact) mass is 508 g/mol. The Labute approximate surface area is 207 Å². The van der Waals surface area contributed by atoms with E-state index in [2.05, 4.69) is 26.0 Å².